The quantitative estimate of drug-likeness (QED) is 0.838. The van der Waals surface area contributed by atoms with Crippen LogP contribution in [0.2, 0.25) is 0 Å². The predicted octanol–water partition coefficient (Wildman–Crippen LogP) is 1.86. The van der Waals surface area contributed by atoms with E-state index in [0.717, 1.165) is 0 Å². The van der Waals surface area contributed by atoms with Gasteiger partial charge in [-0.3, -0.25) is 4.79 Å². The number of amides is 1. The molecule has 1 amide bonds. The molecule has 0 unspecified atom stereocenters. The molecule has 1 heterocycles. The number of carbonyl (C=O) groups is 2. The first-order valence-electron chi connectivity index (χ1n) is 5.10. The smallest absolute Gasteiger partial charge is 0.354 e. The van der Waals surface area contributed by atoms with E-state index in [1.807, 2.05) is 13.8 Å². The molecule has 1 aromatic rings. The van der Waals surface area contributed by atoms with Crippen molar-refractivity contribution in [2.45, 2.75) is 19.1 Å². The Hall–Kier alpha value is -1.56. The molecule has 0 bridgehead atoms. The van der Waals surface area contributed by atoms with Crippen molar-refractivity contribution in [3.63, 3.8) is 0 Å². The maximum atomic E-state index is 11.5. The fraction of sp³-hybridized carbons (Fsp3) is 0.364. The molecule has 17 heavy (non-hydrogen) atoms. The van der Waals surface area contributed by atoms with Gasteiger partial charge >= 0.3 is 5.97 Å². The summed E-state index contributed by atoms with van der Waals surface area (Å²) in [5, 5.41) is 11.7. The zero-order valence-electron chi connectivity index (χ0n) is 9.64. The van der Waals surface area contributed by atoms with Gasteiger partial charge in [0.25, 0.3) is 0 Å². The molecule has 0 spiro atoms. The number of hydrogen-bond donors (Lipinski definition) is 2. The molecule has 0 aliphatic heterocycles. The van der Waals surface area contributed by atoms with E-state index in [0.29, 0.717) is 16.7 Å². The van der Waals surface area contributed by atoms with Crippen LogP contribution < -0.4 is 5.32 Å². The van der Waals surface area contributed by atoms with E-state index in [9.17, 15) is 9.59 Å². The Morgan fingerprint density at radius 3 is 2.65 bits per heavy atom. The van der Waals surface area contributed by atoms with E-state index in [-0.39, 0.29) is 11.6 Å². The van der Waals surface area contributed by atoms with E-state index in [2.05, 4.69) is 10.3 Å². The Kier molecular flexibility index (Phi) is 4.96. The fourth-order valence-corrected chi connectivity index (χ4v) is 1.59. The molecular formula is C11H14N2O3S. The van der Waals surface area contributed by atoms with Gasteiger partial charge in [-0.15, -0.1) is 11.8 Å². The van der Waals surface area contributed by atoms with Gasteiger partial charge in [-0.1, -0.05) is 13.8 Å². The Labute approximate surface area is 104 Å². The standard InChI is InChI=1S/C11H14N2O3S/c1-7(2)17-6-10(14)13-8-3-4-9(11(15)16)12-5-8/h3-5,7H,6H2,1-2H3,(H,13,14)(H,15,16). The Bertz CT molecular complexity index is 404. The van der Waals surface area contributed by atoms with Gasteiger partial charge in [-0.2, -0.15) is 0 Å². The van der Waals surface area contributed by atoms with Crippen LogP contribution in [0.4, 0.5) is 5.69 Å². The predicted molar refractivity (Wildman–Crippen MR) is 67.4 cm³/mol. The van der Waals surface area contributed by atoms with Crippen LogP contribution in [0.25, 0.3) is 0 Å². The molecular weight excluding hydrogens is 240 g/mol. The second-order valence-corrected chi connectivity index (χ2v) is 5.21. The Morgan fingerprint density at radius 2 is 2.18 bits per heavy atom. The zero-order valence-corrected chi connectivity index (χ0v) is 10.5. The Balaban J connectivity index is 2.51. The minimum absolute atomic E-state index is 0.0421. The van der Waals surface area contributed by atoms with Crippen LogP contribution in [-0.4, -0.2) is 33.0 Å². The summed E-state index contributed by atoms with van der Waals surface area (Å²) >= 11 is 1.54. The number of nitrogens with one attached hydrogen (secondary N) is 1. The van der Waals surface area contributed by atoms with Gasteiger partial charge in [-0.25, -0.2) is 9.78 Å². The van der Waals surface area contributed by atoms with Crippen molar-refractivity contribution in [3.8, 4) is 0 Å². The van der Waals surface area contributed by atoms with E-state index < -0.39 is 5.97 Å². The second-order valence-electron chi connectivity index (χ2n) is 3.65. The molecule has 1 aromatic heterocycles. The van der Waals surface area contributed by atoms with Crippen molar-refractivity contribution in [1.29, 1.82) is 0 Å². The van der Waals surface area contributed by atoms with Crippen molar-refractivity contribution in [3.05, 3.63) is 24.0 Å². The number of thioether (sulfide) groups is 1. The minimum atomic E-state index is -1.08. The monoisotopic (exact) mass is 254 g/mol. The number of anilines is 1. The molecule has 92 valence electrons. The van der Waals surface area contributed by atoms with Gasteiger partial charge in [0.2, 0.25) is 5.91 Å². The second kappa shape index (κ2) is 6.24. The number of carbonyl (C=O) groups excluding carboxylic acids is 1. The van der Waals surface area contributed by atoms with Crippen molar-refractivity contribution in [2.75, 3.05) is 11.1 Å². The maximum absolute atomic E-state index is 11.5. The number of nitrogens with zero attached hydrogens (tertiary/aromatic N) is 1. The summed E-state index contributed by atoms with van der Waals surface area (Å²) < 4.78 is 0. The van der Waals surface area contributed by atoms with E-state index in [1.165, 1.54) is 18.3 Å². The molecule has 2 N–H and O–H groups in total. The van der Waals surface area contributed by atoms with Gasteiger partial charge < -0.3 is 10.4 Å². The van der Waals surface area contributed by atoms with Gasteiger partial charge in [0.05, 0.1) is 17.6 Å². The highest BCUT2D eigenvalue weighted by Crippen LogP contribution is 2.11. The molecule has 0 aliphatic carbocycles. The summed E-state index contributed by atoms with van der Waals surface area (Å²) in [6.45, 7) is 4.03. The molecule has 0 aliphatic rings. The van der Waals surface area contributed by atoms with Gasteiger partial charge in [0, 0.05) is 0 Å². The molecule has 0 atom stereocenters. The largest absolute Gasteiger partial charge is 0.477 e. The first-order chi connectivity index (χ1) is 7.99. The average Bonchev–Trinajstić information content (AvgIpc) is 2.27. The topological polar surface area (TPSA) is 79.3 Å². The first-order valence-corrected chi connectivity index (χ1v) is 6.14. The molecule has 1 rings (SSSR count). The van der Waals surface area contributed by atoms with Crippen LogP contribution in [0.3, 0.4) is 0 Å². The van der Waals surface area contributed by atoms with E-state index in [1.54, 1.807) is 11.8 Å². The number of carboxylic acids is 1. The number of carboxylic acid groups (broad SMARTS) is 1. The summed E-state index contributed by atoms with van der Waals surface area (Å²) in [7, 11) is 0. The van der Waals surface area contributed by atoms with Gasteiger partial charge in [0.1, 0.15) is 5.69 Å². The first kappa shape index (κ1) is 13.5. The normalized spacial score (nSPS) is 10.3. The lowest BCUT2D eigenvalue weighted by Gasteiger charge is -2.06. The van der Waals surface area contributed by atoms with Crippen LogP contribution in [-0.2, 0) is 4.79 Å². The highest BCUT2D eigenvalue weighted by atomic mass is 32.2. The third kappa shape index (κ3) is 4.86. The molecule has 0 saturated carbocycles. The Morgan fingerprint density at radius 1 is 1.47 bits per heavy atom. The van der Waals surface area contributed by atoms with Crippen molar-refractivity contribution in [1.82, 2.24) is 4.98 Å². The lowest BCUT2D eigenvalue weighted by atomic mass is 10.3. The van der Waals surface area contributed by atoms with E-state index >= 15 is 0 Å². The maximum Gasteiger partial charge on any atom is 0.354 e. The number of hydrogen-bond acceptors (Lipinski definition) is 4. The van der Waals surface area contributed by atoms with Crippen LogP contribution >= 0.6 is 11.8 Å². The fourth-order valence-electron chi connectivity index (χ4n) is 1.03. The molecule has 5 nitrogen and oxygen atoms in total. The van der Waals surface area contributed by atoms with Crippen LogP contribution in [0.1, 0.15) is 24.3 Å². The van der Waals surface area contributed by atoms with Crippen molar-refractivity contribution < 1.29 is 14.7 Å². The average molecular weight is 254 g/mol. The van der Waals surface area contributed by atoms with Crippen molar-refractivity contribution >= 4 is 29.3 Å². The summed E-state index contributed by atoms with van der Waals surface area (Å²) in [5.74, 6) is -0.829. The van der Waals surface area contributed by atoms with Crippen LogP contribution in [0.15, 0.2) is 18.3 Å². The number of pyridine rings is 1. The lowest BCUT2D eigenvalue weighted by molar-refractivity contribution is -0.113. The van der Waals surface area contributed by atoms with E-state index in [4.69, 9.17) is 5.11 Å². The minimum Gasteiger partial charge on any atom is -0.477 e. The highest BCUT2D eigenvalue weighted by molar-refractivity contribution is 8.00. The number of aromatic carboxylic acids is 1. The lowest BCUT2D eigenvalue weighted by Crippen LogP contribution is -2.15. The number of aromatic nitrogens is 1. The van der Waals surface area contributed by atoms with Gasteiger partial charge in [-0.05, 0) is 17.4 Å². The highest BCUT2D eigenvalue weighted by Gasteiger charge is 2.06. The van der Waals surface area contributed by atoms with Gasteiger partial charge in [0.15, 0.2) is 0 Å². The SMILES string of the molecule is CC(C)SCC(=O)Nc1ccc(C(=O)O)nc1. The molecule has 0 fully saturated rings. The third-order valence-electron chi connectivity index (χ3n) is 1.81. The number of rotatable bonds is 5. The third-order valence-corrected chi connectivity index (χ3v) is 2.91. The molecule has 0 radical (unpaired) electrons. The molecule has 0 aromatic carbocycles. The summed E-state index contributed by atoms with van der Waals surface area (Å²) in [6.07, 6.45) is 1.33. The zero-order chi connectivity index (χ0) is 12.8. The van der Waals surface area contributed by atoms with Crippen molar-refractivity contribution in [2.24, 2.45) is 0 Å². The molecule has 0 saturated heterocycles. The van der Waals surface area contributed by atoms with Crippen LogP contribution in [0.5, 0.6) is 0 Å². The van der Waals surface area contributed by atoms with Crippen LogP contribution in [0, 0.1) is 0 Å². The summed E-state index contributed by atoms with van der Waals surface area (Å²) in [5.41, 5.74) is 0.462. The summed E-state index contributed by atoms with van der Waals surface area (Å²) in [4.78, 5) is 25.7. The molecule has 6 heteroatoms. The summed E-state index contributed by atoms with van der Waals surface area (Å²) in [6, 6.07) is 2.88.